The Morgan fingerprint density at radius 1 is 1.14 bits per heavy atom. The number of benzene rings is 1. The SMILES string of the molecule is NC(CCCCB(O)O)(C(=O)O)C1CCCN(C2CCc3ccccc3C2)CC1. The van der Waals surface area contributed by atoms with Crippen LogP contribution in [0.2, 0.25) is 6.32 Å². The molecule has 1 saturated heterocycles. The van der Waals surface area contributed by atoms with E-state index in [2.05, 4.69) is 29.2 Å². The lowest BCUT2D eigenvalue weighted by atomic mass is 9.75. The van der Waals surface area contributed by atoms with Gasteiger partial charge in [-0.2, -0.15) is 0 Å². The van der Waals surface area contributed by atoms with Gasteiger partial charge in [0.15, 0.2) is 0 Å². The number of rotatable bonds is 8. The summed E-state index contributed by atoms with van der Waals surface area (Å²) in [4.78, 5) is 14.6. The molecule has 1 aliphatic heterocycles. The summed E-state index contributed by atoms with van der Waals surface area (Å²) in [5.74, 6) is -0.966. The van der Waals surface area contributed by atoms with Crippen molar-refractivity contribution in [3.63, 3.8) is 0 Å². The Bertz CT molecular complexity index is 687. The minimum Gasteiger partial charge on any atom is -0.480 e. The Kier molecular flexibility index (Phi) is 7.74. The molecule has 0 bridgehead atoms. The third kappa shape index (κ3) is 5.60. The predicted molar refractivity (Wildman–Crippen MR) is 115 cm³/mol. The van der Waals surface area contributed by atoms with E-state index in [-0.39, 0.29) is 12.2 Å². The summed E-state index contributed by atoms with van der Waals surface area (Å²) in [6.45, 7) is 1.91. The molecule has 3 rings (SSSR count). The fourth-order valence-electron chi connectivity index (χ4n) is 5.22. The van der Waals surface area contributed by atoms with Crippen LogP contribution in [-0.4, -0.2) is 57.8 Å². The number of nitrogens with zero attached hydrogens (tertiary/aromatic N) is 1. The fraction of sp³-hybridized carbons (Fsp3) is 0.682. The molecule has 1 heterocycles. The second kappa shape index (κ2) is 10.1. The number of likely N-dealkylation sites (tertiary alicyclic amines) is 1. The highest BCUT2D eigenvalue weighted by molar-refractivity contribution is 6.40. The van der Waals surface area contributed by atoms with Gasteiger partial charge in [0.2, 0.25) is 0 Å². The van der Waals surface area contributed by atoms with E-state index in [0.29, 0.717) is 25.3 Å². The first-order valence-electron chi connectivity index (χ1n) is 11.1. The van der Waals surface area contributed by atoms with Gasteiger partial charge in [-0.15, -0.1) is 0 Å². The Morgan fingerprint density at radius 3 is 2.62 bits per heavy atom. The molecular formula is C22H35BN2O4. The number of hydrogen-bond donors (Lipinski definition) is 4. The second-order valence-electron chi connectivity index (χ2n) is 8.90. The van der Waals surface area contributed by atoms with Crippen LogP contribution in [0.5, 0.6) is 0 Å². The highest BCUT2D eigenvalue weighted by atomic mass is 16.4. The molecule has 3 atom stereocenters. The van der Waals surface area contributed by atoms with Crippen molar-refractivity contribution in [1.29, 1.82) is 0 Å². The van der Waals surface area contributed by atoms with Crippen LogP contribution >= 0.6 is 0 Å². The molecule has 0 amide bonds. The average Bonchev–Trinajstić information content (AvgIpc) is 2.97. The van der Waals surface area contributed by atoms with E-state index >= 15 is 0 Å². The number of nitrogens with two attached hydrogens (primary N) is 1. The quantitative estimate of drug-likeness (QED) is 0.392. The van der Waals surface area contributed by atoms with Crippen molar-refractivity contribution in [3.05, 3.63) is 35.4 Å². The number of carboxylic acids is 1. The van der Waals surface area contributed by atoms with Crippen molar-refractivity contribution in [3.8, 4) is 0 Å². The molecule has 0 spiro atoms. The molecule has 0 saturated carbocycles. The number of aliphatic carboxylic acids is 1. The Hall–Kier alpha value is -1.41. The normalized spacial score (nSPS) is 24.9. The smallest absolute Gasteiger partial charge is 0.451 e. The van der Waals surface area contributed by atoms with E-state index in [4.69, 9.17) is 15.8 Å². The van der Waals surface area contributed by atoms with Crippen molar-refractivity contribution >= 4 is 13.1 Å². The van der Waals surface area contributed by atoms with E-state index in [1.165, 1.54) is 11.1 Å². The van der Waals surface area contributed by atoms with Crippen LogP contribution in [0, 0.1) is 5.92 Å². The molecule has 0 aromatic heterocycles. The first kappa shape index (κ1) is 22.3. The standard InChI is InChI=1S/C22H35BN2O4/c24-22(21(26)27,12-3-4-13-23(28)29)19-8-5-14-25(15-11-19)20-10-9-17-6-1-2-7-18(17)16-20/h1-2,6-7,19-20,28-29H,3-5,8-16,24H2,(H,26,27). The fourth-order valence-corrected chi connectivity index (χ4v) is 5.22. The molecule has 6 nitrogen and oxygen atoms in total. The Balaban J connectivity index is 1.58. The van der Waals surface area contributed by atoms with Gasteiger partial charge in [-0.3, -0.25) is 4.79 Å². The molecule has 2 aliphatic rings. The molecule has 1 fully saturated rings. The number of unbranched alkanes of at least 4 members (excludes halogenated alkanes) is 1. The summed E-state index contributed by atoms with van der Waals surface area (Å²) in [6.07, 6.45) is 7.81. The van der Waals surface area contributed by atoms with Gasteiger partial charge in [0.1, 0.15) is 5.54 Å². The zero-order valence-corrected chi connectivity index (χ0v) is 17.3. The van der Waals surface area contributed by atoms with Gasteiger partial charge in [-0.1, -0.05) is 37.1 Å². The van der Waals surface area contributed by atoms with Gasteiger partial charge < -0.3 is 25.8 Å². The van der Waals surface area contributed by atoms with E-state index in [1.54, 1.807) is 0 Å². The Morgan fingerprint density at radius 2 is 1.90 bits per heavy atom. The van der Waals surface area contributed by atoms with Crippen molar-refractivity contribution < 1.29 is 19.9 Å². The molecule has 0 radical (unpaired) electrons. The molecular weight excluding hydrogens is 367 g/mol. The van der Waals surface area contributed by atoms with Gasteiger partial charge in [0.25, 0.3) is 0 Å². The number of hydrogen-bond acceptors (Lipinski definition) is 5. The highest BCUT2D eigenvalue weighted by Gasteiger charge is 2.42. The summed E-state index contributed by atoms with van der Waals surface area (Å²) in [5, 5.41) is 27.9. The topological polar surface area (TPSA) is 107 Å². The summed E-state index contributed by atoms with van der Waals surface area (Å²) >= 11 is 0. The second-order valence-corrected chi connectivity index (χ2v) is 8.90. The van der Waals surface area contributed by atoms with Gasteiger partial charge >= 0.3 is 13.1 Å². The van der Waals surface area contributed by atoms with Crippen LogP contribution in [0.25, 0.3) is 0 Å². The molecule has 29 heavy (non-hydrogen) atoms. The maximum atomic E-state index is 12.0. The van der Waals surface area contributed by atoms with Crippen LogP contribution in [0.4, 0.5) is 0 Å². The largest absolute Gasteiger partial charge is 0.480 e. The molecule has 160 valence electrons. The van der Waals surface area contributed by atoms with Crippen molar-refractivity contribution in [2.24, 2.45) is 11.7 Å². The van der Waals surface area contributed by atoms with Crippen molar-refractivity contribution in [2.75, 3.05) is 13.1 Å². The highest BCUT2D eigenvalue weighted by Crippen LogP contribution is 2.33. The summed E-state index contributed by atoms with van der Waals surface area (Å²) in [5.41, 5.74) is 8.14. The van der Waals surface area contributed by atoms with E-state index in [0.717, 1.165) is 51.6 Å². The van der Waals surface area contributed by atoms with Gasteiger partial charge in [0, 0.05) is 6.04 Å². The summed E-state index contributed by atoms with van der Waals surface area (Å²) in [6, 6.07) is 9.23. The Labute approximate surface area is 174 Å². The molecule has 5 N–H and O–H groups in total. The number of carbonyl (C=O) groups is 1. The van der Waals surface area contributed by atoms with Crippen LogP contribution in [0.15, 0.2) is 24.3 Å². The zero-order valence-electron chi connectivity index (χ0n) is 17.3. The monoisotopic (exact) mass is 402 g/mol. The number of fused-ring (bicyclic) bond motifs is 1. The molecule has 1 aliphatic carbocycles. The maximum Gasteiger partial charge on any atom is 0.451 e. The maximum absolute atomic E-state index is 12.0. The summed E-state index contributed by atoms with van der Waals surface area (Å²) < 4.78 is 0. The van der Waals surface area contributed by atoms with Crippen LogP contribution in [0.1, 0.15) is 56.1 Å². The first-order valence-corrected chi connectivity index (χ1v) is 11.1. The lowest BCUT2D eigenvalue weighted by Crippen LogP contribution is -2.54. The van der Waals surface area contributed by atoms with Gasteiger partial charge in [-0.05, 0) is 81.4 Å². The van der Waals surface area contributed by atoms with E-state index < -0.39 is 18.6 Å². The van der Waals surface area contributed by atoms with Crippen molar-refractivity contribution in [2.45, 2.75) is 75.7 Å². The lowest BCUT2D eigenvalue weighted by molar-refractivity contribution is -0.146. The van der Waals surface area contributed by atoms with E-state index in [9.17, 15) is 9.90 Å². The van der Waals surface area contributed by atoms with Crippen LogP contribution < -0.4 is 5.73 Å². The van der Waals surface area contributed by atoms with Crippen molar-refractivity contribution in [1.82, 2.24) is 4.90 Å². The van der Waals surface area contributed by atoms with Gasteiger partial charge in [0.05, 0.1) is 0 Å². The average molecular weight is 402 g/mol. The van der Waals surface area contributed by atoms with Gasteiger partial charge in [-0.25, -0.2) is 0 Å². The zero-order chi connectivity index (χ0) is 20.9. The molecule has 1 aromatic rings. The molecule has 7 heteroatoms. The number of aryl methyl sites for hydroxylation is 1. The predicted octanol–water partition coefficient (Wildman–Crippen LogP) is 2.07. The third-order valence-electron chi connectivity index (χ3n) is 7.03. The minimum absolute atomic E-state index is 0.0417. The first-order chi connectivity index (χ1) is 13.9. The van der Waals surface area contributed by atoms with E-state index in [1.807, 2.05) is 0 Å². The summed E-state index contributed by atoms with van der Waals surface area (Å²) in [7, 11) is -1.33. The number of carboxylic acid groups (broad SMARTS) is 1. The third-order valence-corrected chi connectivity index (χ3v) is 7.03. The molecule has 1 aromatic carbocycles. The van der Waals surface area contributed by atoms with Crippen LogP contribution in [0.3, 0.4) is 0 Å². The lowest BCUT2D eigenvalue weighted by Gasteiger charge is -2.36. The van der Waals surface area contributed by atoms with Crippen LogP contribution in [-0.2, 0) is 17.6 Å². The minimum atomic E-state index is -1.33. The molecule has 3 unspecified atom stereocenters.